The van der Waals surface area contributed by atoms with E-state index in [0.717, 1.165) is 9.90 Å². The van der Waals surface area contributed by atoms with Gasteiger partial charge in [-0.05, 0) is 17.7 Å². The van der Waals surface area contributed by atoms with Crippen LogP contribution in [0.4, 0.5) is 5.13 Å². The van der Waals surface area contributed by atoms with Gasteiger partial charge in [-0.3, -0.25) is 10.2 Å². The first-order chi connectivity index (χ1) is 8.69. The van der Waals surface area contributed by atoms with Gasteiger partial charge >= 0.3 is 0 Å². The van der Waals surface area contributed by atoms with Crippen LogP contribution in [0.25, 0.3) is 0 Å². The minimum atomic E-state index is -0.304. The number of anilines is 1. The van der Waals surface area contributed by atoms with Crippen molar-refractivity contribution in [1.29, 1.82) is 0 Å². The van der Waals surface area contributed by atoms with Gasteiger partial charge in [-0.15, -0.1) is 10.2 Å². The number of nitrogens with zero attached hydrogens (tertiary/aromatic N) is 2. The van der Waals surface area contributed by atoms with E-state index in [1.54, 1.807) is 12.1 Å². The van der Waals surface area contributed by atoms with Crippen LogP contribution in [0.1, 0.15) is 15.9 Å². The number of rotatable bonds is 4. The highest BCUT2D eigenvalue weighted by molar-refractivity contribution is 8.00. The van der Waals surface area contributed by atoms with Crippen molar-refractivity contribution in [3.05, 3.63) is 35.4 Å². The zero-order valence-electron chi connectivity index (χ0n) is 9.29. The predicted molar refractivity (Wildman–Crippen MR) is 72.0 cm³/mol. The summed E-state index contributed by atoms with van der Waals surface area (Å²) in [6.45, 7) is 0. The third-order valence-electron chi connectivity index (χ3n) is 2.10. The molecule has 8 heteroatoms. The minimum Gasteiger partial charge on any atom is -0.374 e. The molecular weight excluding hydrogens is 270 g/mol. The summed E-state index contributed by atoms with van der Waals surface area (Å²) >= 11 is 2.87. The quantitative estimate of drug-likeness (QED) is 0.334. The van der Waals surface area contributed by atoms with Crippen LogP contribution in [0, 0.1) is 0 Å². The number of nitrogen functional groups attached to an aromatic ring is 2. The van der Waals surface area contributed by atoms with Crippen molar-refractivity contribution < 1.29 is 4.79 Å². The van der Waals surface area contributed by atoms with Gasteiger partial charge in [0.1, 0.15) is 0 Å². The lowest BCUT2D eigenvalue weighted by molar-refractivity contribution is 0.0953. The van der Waals surface area contributed by atoms with E-state index in [0.29, 0.717) is 16.4 Å². The molecule has 0 fully saturated rings. The van der Waals surface area contributed by atoms with Crippen LogP contribution in [-0.4, -0.2) is 16.1 Å². The van der Waals surface area contributed by atoms with Gasteiger partial charge in [-0.1, -0.05) is 35.2 Å². The predicted octanol–water partition coefficient (Wildman–Crippen LogP) is 1.02. The number of nitrogens with one attached hydrogen (secondary N) is 1. The monoisotopic (exact) mass is 281 g/mol. The van der Waals surface area contributed by atoms with Crippen molar-refractivity contribution in [1.82, 2.24) is 15.6 Å². The summed E-state index contributed by atoms with van der Waals surface area (Å²) in [6, 6.07) is 7.25. The number of nitrogens with two attached hydrogens (primary N) is 2. The van der Waals surface area contributed by atoms with Gasteiger partial charge < -0.3 is 5.73 Å². The zero-order chi connectivity index (χ0) is 13.0. The van der Waals surface area contributed by atoms with Crippen molar-refractivity contribution in [2.45, 2.75) is 10.1 Å². The molecule has 0 saturated heterocycles. The summed E-state index contributed by atoms with van der Waals surface area (Å²) in [7, 11) is 0. The van der Waals surface area contributed by atoms with Crippen LogP contribution in [0.15, 0.2) is 28.6 Å². The van der Waals surface area contributed by atoms with E-state index in [1.807, 2.05) is 12.1 Å². The fourth-order valence-corrected chi connectivity index (χ4v) is 2.89. The number of thioether (sulfide) groups is 1. The van der Waals surface area contributed by atoms with Gasteiger partial charge in [0, 0.05) is 11.3 Å². The molecule has 1 heterocycles. The van der Waals surface area contributed by atoms with E-state index in [2.05, 4.69) is 15.6 Å². The van der Waals surface area contributed by atoms with Gasteiger partial charge in [0.15, 0.2) is 4.34 Å². The summed E-state index contributed by atoms with van der Waals surface area (Å²) < 4.78 is 0.807. The highest BCUT2D eigenvalue weighted by Gasteiger charge is 2.06. The Kier molecular flexibility index (Phi) is 4.13. The fourth-order valence-electron chi connectivity index (χ4n) is 1.31. The number of carbonyl (C=O) groups is 1. The average molecular weight is 281 g/mol. The summed E-state index contributed by atoms with van der Waals surface area (Å²) in [5.74, 6) is 5.48. The second-order valence-electron chi connectivity index (χ2n) is 3.37. The number of benzene rings is 1. The molecular formula is C10H11N5OS2. The van der Waals surface area contributed by atoms with Crippen LogP contribution >= 0.6 is 23.1 Å². The molecule has 0 aliphatic heterocycles. The smallest absolute Gasteiger partial charge is 0.265 e. The maximum atomic E-state index is 11.4. The second kappa shape index (κ2) is 5.80. The Morgan fingerprint density at radius 1 is 1.44 bits per heavy atom. The molecule has 0 unspecified atom stereocenters. The van der Waals surface area contributed by atoms with Crippen LogP contribution in [-0.2, 0) is 5.75 Å². The van der Waals surface area contributed by atoms with E-state index in [1.165, 1.54) is 23.1 Å². The van der Waals surface area contributed by atoms with Crippen LogP contribution in [0.2, 0.25) is 0 Å². The molecule has 0 radical (unpaired) electrons. The Bertz CT molecular complexity index is 557. The summed E-state index contributed by atoms with van der Waals surface area (Å²) in [5.41, 5.74) is 9.14. The number of amides is 1. The van der Waals surface area contributed by atoms with Crippen LogP contribution in [0.5, 0.6) is 0 Å². The number of hydrogen-bond donors (Lipinski definition) is 3. The summed E-state index contributed by atoms with van der Waals surface area (Å²) in [5, 5.41) is 8.10. The maximum Gasteiger partial charge on any atom is 0.265 e. The van der Waals surface area contributed by atoms with Crippen LogP contribution in [0.3, 0.4) is 0 Å². The molecule has 0 atom stereocenters. The molecule has 0 aliphatic carbocycles. The van der Waals surface area contributed by atoms with Gasteiger partial charge in [0.2, 0.25) is 5.13 Å². The fraction of sp³-hybridized carbons (Fsp3) is 0.100. The van der Waals surface area contributed by atoms with Crippen molar-refractivity contribution >= 4 is 34.1 Å². The average Bonchev–Trinajstić information content (AvgIpc) is 2.81. The molecule has 94 valence electrons. The number of aromatic nitrogens is 2. The van der Waals surface area contributed by atoms with E-state index >= 15 is 0 Å². The molecule has 1 aromatic heterocycles. The zero-order valence-corrected chi connectivity index (χ0v) is 10.9. The molecule has 2 aromatic rings. The molecule has 0 saturated carbocycles. The Balaban J connectivity index is 2.03. The Morgan fingerprint density at radius 3 is 2.94 bits per heavy atom. The lowest BCUT2D eigenvalue weighted by atomic mass is 10.1. The molecule has 0 bridgehead atoms. The first-order valence-electron chi connectivity index (χ1n) is 5.00. The topological polar surface area (TPSA) is 107 Å². The molecule has 5 N–H and O–H groups in total. The molecule has 18 heavy (non-hydrogen) atoms. The van der Waals surface area contributed by atoms with Gasteiger partial charge in [-0.2, -0.15) is 0 Å². The van der Waals surface area contributed by atoms with E-state index < -0.39 is 0 Å². The molecule has 0 spiro atoms. The second-order valence-corrected chi connectivity index (χ2v) is 5.60. The third-order valence-corrected chi connectivity index (χ3v) is 4.06. The highest BCUT2D eigenvalue weighted by Crippen LogP contribution is 2.26. The van der Waals surface area contributed by atoms with E-state index in [9.17, 15) is 4.79 Å². The summed E-state index contributed by atoms with van der Waals surface area (Å²) in [4.78, 5) is 11.4. The molecule has 6 nitrogen and oxygen atoms in total. The normalized spacial score (nSPS) is 10.3. The van der Waals surface area contributed by atoms with Gasteiger partial charge in [0.05, 0.1) is 0 Å². The largest absolute Gasteiger partial charge is 0.374 e. The maximum absolute atomic E-state index is 11.4. The first-order valence-corrected chi connectivity index (χ1v) is 6.81. The van der Waals surface area contributed by atoms with Gasteiger partial charge in [-0.25, -0.2) is 5.84 Å². The molecule has 1 aromatic carbocycles. The third kappa shape index (κ3) is 3.19. The lowest BCUT2D eigenvalue weighted by Crippen LogP contribution is -2.29. The van der Waals surface area contributed by atoms with Gasteiger partial charge in [0.25, 0.3) is 5.91 Å². The highest BCUT2D eigenvalue weighted by atomic mass is 32.2. The Morgan fingerprint density at radius 2 is 2.28 bits per heavy atom. The minimum absolute atomic E-state index is 0.304. The van der Waals surface area contributed by atoms with Crippen LogP contribution < -0.4 is 17.0 Å². The van der Waals surface area contributed by atoms with E-state index in [-0.39, 0.29) is 5.91 Å². The Labute approximate surface area is 112 Å². The van der Waals surface area contributed by atoms with Crippen molar-refractivity contribution in [3.8, 4) is 0 Å². The summed E-state index contributed by atoms with van der Waals surface area (Å²) in [6.07, 6.45) is 0. The van der Waals surface area contributed by atoms with Crippen molar-refractivity contribution in [3.63, 3.8) is 0 Å². The molecule has 1 amide bonds. The van der Waals surface area contributed by atoms with Crippen molar-refractivity contribution in [2.24, 2.45) is 5.84 Å². The first kappa shape index (κ1) is 12.8. The van der Waals surface area contributed by atoms with Crippen molar-refractivity contribution in [2.75, 3.05) is 5.73 Å². The number of hydrogen-bond acceptors (Lipinski definition) is 7. The standard InChI is InChI=1S/C10H11N5OS2/c11-9-14-15-10(18-9)17-5-6-2-1-3-7(4-6)8(16)13-12/h1-4H,5,12H2,(H2,11,14)(H,13,16). The SMILES string of the molecule is NNC(=O)c1cccc(CSc2nnc(N)s2)c1. The molecule has 2 rings (SSSR count). The lowest BCUT2D eigenvalue weighted by Gasteiger charge is -2.02. The molecule has 0 aliphatic rings. The van der Waals surface area contributed by atoms with E-state index in [4.69, 9.17) is 11.6 Å². The Hall–Kier alpha value is -1.64. The number of carbonyl (C=O) groups excluding carboxylic acids is 1. The number of hydrazine groups is 1.